The van der Waals surface area contributed by atoms with Crippen LogP contribution in [-0.2, 0) is 6.54 Å². The van der Waals surface area contributed by atoms with Gasteiger partial charge in [0, 0.05) is 29.2 Å². The van der Waals surface area contributed by atoms with Crippen molar-refractivity contribution in [3.63, 3.8) is 0 Å². The van der Waals surface area contributed by atoms with E-state index >= 15 is 0 Å². The number of nitrogens with two attached hydrogens (primary N) is 1. The number of nitrogens with zero attached hydrogens (tertiary/aromatic N) is 1. The number of likely N-dealkylation sites (N-methyl/N-ethyl adjacent to an activating group) is 1. The van der Waals surface area contributed by atoms with Crippen molar-refractivity contribution in [1.82, 2.24) is 4.90 Å². The first-order valence-corrected chi connectivity index (χ1v) is 7.16. The highest BCUT2D eigenvalue weighted by atomic mass is 35.5. The lowest BCUT2D eigenvalue weighted by Crippen LogP contribution is -2.50. The Morgan fingerprint density at radius 3 is 2.53 bits per heavy atom. The normalized spacial score (nSPS) is 14.5. The maximum atomic E-state index is 6.08. The van der Waals surface area contributed by atoms with Gasteiger partial charge in [-0.25, -0.2) is 0 Å². The van der Waals surface area contributed by atoms with Crippen LogP contribution in [-0.4, -0.2) is 30.6 Å². The molecule has 2 N–H and O–H groups in total. The average Bonchev–Trinajstić information content (AvgIpc) is 2.44. The Morgan fingerprint density at radius 2 is 2.05 bits per heavy atom. The zero-order chi connectivity index (χ0) is 14.5. The van der Waals surface area contributed by atoms with E-state index in [4.69, 9.17) is 22.1 Å². The molecule has 0 aromatic heterocycles. The van der Waals surface area contributed by atoms with Crippen LogP contribution < -0.4 is 10.5 Å². The molecule has 1 rings (SSSR count). The lowest BCUT2D eigenvalue weighted by Gasteiger charge is -2.39. The van der Waals surface area contributed by atoms with Gasteiger partial charge in [0.25, 0.3) is 0 Å². The van der Waals surface area contributed by atoms with Crippen LogP contribution in [0.15, 0.2) is 18.2 Å². The van der Waals surface area contributed by atoms with E-state index in [-0.39, 0.29) is 5.54 Å². The van der Waals surface area contributed by atoms with Crippen LogP contribution in [0.5, 0.6) is 5.75 Å². The van der Waals surface area contributed by atoms with E-state index in [1.165, 1.54) is 0 Å². The first-order chi connectivity index (χ1) is 9.00. The highest BCUT2D eigenvalue weighted by Gasteiger charge is 2.28. The number of rotatable bonds is 7. The molecule has 0 amide bonds. The molecule has 4 heteroatoms. The fourth-order valence-electron chi connectivity index (χ4n) is 2.26. The van der Waals surface area contributed by atoms with Crippen molar-refractivity contribution >= 4 is 11.6 Å². The first kappa shape index (κ1) is 16.3. The van der Waals surface area contributed by atoms with Gasteiger partial charge >= 0.3 is 0 Å². The molecule has 0 radical (unpaired) electrons. The SMILES string of the molecule is CCN(Cc1cc(Cl)ccc1OC)C(C)(CC)CN. The topological polar surface area (TPSA) is 38.5 Å². The van der Waals surface area contributed by atoms with Crippen LogP contribution in [0.25, 0.3) is 0 Å². The van der Waals surface area contributed by atoms with Crippen LogP contribution in [0.4, 0.5) is 0 Å². The van der Waals surface area contributed by atoms with Crippen LogP contribution in [0.1, 0.15) is 32.8 Å². The van der Waals surface area contributed by atoms with Gasteiger partial charge in [-0.3, -0.25) is 4.90 Å². The van der Waals surface area contributed by atoms with E-state index in [9.17, 15) is 0 Å². The number of methoxy groups -OCH3 is 1. The van der Waals surface area contributed by atoms with Crippen LogP contribution in [0.3, 0.4) is 0 Å². The van der Waals surface area contributed by atoms with Crippen molar-refractivity contribution in [3.8, 4) is 5.75 Å². The zero-order valence-electron chi connectivity index (χ0n) is 12.4. The highest BCUT2D eigenvalue weighted by molar-refractivity contribution is 6.30. The Bertz CT molecular complexity index is 405. The summed E-state index contributed by atoms with van der Waals surface area (Å²) >= 11 is 6.08. The van der Waals surface area contributed by atoms with Crippen molar-refractivity contribution in [2.75, 3.05) is 20.2 Å². The summed E-state index contributed by atoms with van der Waals surface area (Å²) in [6.45, 7) is 8.90. The molecule has 0 saturated carbocycles. The minimum Gasteiger partial charge on any atom is -0.496 e. The third kappa shape index (κ3) is 3.85. The van der Waals surface area contributed by atoms with Gasteiger partial charge in [-0.05, 0) is 38.1 Å². The molecule has 0 aliphatic heterocycles. The number of halogens is 1. The van der Waals surface area contributed by atoms with E-state index < -0.39 is 0 Å². The summed E-state index contributed by atoms with van der Waals surface area (Å²) in [5.74, 6) is 0.873. The maximum Gasteiger partial charge on any atom is 0.123 e. The molecule has 0 aliphatic rings. The summed E-state index contributed by atoms with van der Waals surface area (Å²) in [5, 5.41) is 0.734. The Morgan fingerprint density at radius 1 is 1.37 bits per heavy atom. The molecule has 1 unspecified atom stereocenters. The average molecular weight is 285 g/mol. The standard InChI is InChI=1S/C15H25ClN2O/c1-5-15(3,11-17)18(6-2)10-12-9-13(16)7-8-14(12)19-4/h7-9H,5-6,10-11,17H2,1-4H3. The fourth-order valence-corrected chi connectivity index (χ4v) is 2.45. The third-order valence-electron chi connectivity index (χ3n) is 3.95. The molecule has 0 saturated heterocycles. The molecule has 1 aromatic carbocycles. The van der Waals surface area contributed by atoms with E-state index in [0.717, 1.165) is 35.8 Å². The van der Waals surface area contributed by atoms with Crippen molar-refractivity contribution < 1.29 is 4.74 Å². The Kier molecular flexibility index (Phi) is 6.11. The maximum absolute atomic E-state index is 6.08. The second kappa shape index (κ2) is 7.13. The van der Waals surface area contributed by atoms with Gasteiger partial charge in [-0.2, -0.15) is 0 Å². The molecule has 0 fully saturated rings. The summed E-state index contributed by atoms with van der Waals surface area (Å²) < 4.78 is 5.41. The minimum absolute atomic E-state index is 0.00206. The van der Waals surface area contributed by atoms with E-state index in [1.54, 1.807) is 7.11 Å². The largest absolute Gasteiger partial charge is 0.496 e. The predicted octanol–water partition coefficient (Wildman–Crippen LogP) is 3.30. The number of benzene rings is 1. The zero-order valence-corrected chi connectivity index (χ0v) is 13.1. The summed E-state index contributed by atoms with van der Waals surface area (Å²) in [5.41, 5.74) is 7.05. The molecule has 0 spiro atoms. The lowest BCUT2D eigenvalue weighted by molar-refractivity contribution is 0.103. The van der Waals surface area contributed by atoms with Gasteiger partial charge in [0.1, 0.15) is 5.75 Å². The van der Waals surface area contributed by atoms with E-state index in [1.807, 2.05) is 18.2 Å². The molecule has 1 aromatic rings. The summed E-state index contributed by atoms with van der Waals surface area (Å²) in [6.07, 6.45) is 1.01. The number of ether oxygens (including phenoxy) is 1. The predicted molar refractivity (Wildman–Crippen MR) is 81.8 cm³/mol. The molecule has 108 valence electrons. The van der Waals surface area contributed by atoms with Crippen molar-refractivity contribution in [2.24, 2.45) is 5.73 Å². The van der Waals surface area contributed by atoms with Crippen molar-refractivity contribution in [1.29, 1.82) is 0 Å². The quantitative estimate of drug-likeness (QED) is 0.835. The summed E-state index contributed by atoms with van der Waals surface area (Å²) in [4.78, 5) is 2.38. The van der Waals surface area contributed by atoms with Gasteiger partial charge in [0.15, 0.2) is 0 Å². The first-order valence-electron chi connectivity index (χ1n) is 6.78. The van der Waals surface area contributed by atoms with Crippen molar-refractivity contribution in [3.05, 3.63) is 28.8 Å². The van der Waals surface area contributed by atoms with E-state index in [2.05, 4.69) is 25.7 Å². The van der Waals surface area contributed by atoms with Crippen LogP contribution in [0, 0.1) is 0 Å². The fraction of sp³-hybridized carbons (Fsp3) is 0.600. The highest BCUT2D eigenvalue weighted by Crippen LogP contribution is 2.27. The Balaban J connectivity index is 3.01. The monoisotopic (exact) mass is 284 g/mol. The molecule has 0 bridgehead atoms. The van der Waals surface area contributed by atoms with Gasteiger partial charge in [-0.15, -0.1) is 0 Å². The molecule has 19 heavy (non-hydrogen) atoms. The second-order valence-electron chi connectivity index (χ2n) is 5.02. The number of hydrogen-bond donors (Lipinski definition) is 1. The van der Waals surface area contributed by atoms with Crippen LogP contribution >= 0.6 is 11.6 Å². The van der Waals surface area contributed by atoms with E-state index in [0.29, 0.717) is 6.54 Å². The number of hydrogen-bond acceptors (Lipinski definition) is 3. The Labute approximate surface area is 121 Å². The smallest absolute Gasteiger partial charge is 0.123 e. The molecule has 3 nitrogen and oxygen atoms in total. The van der Waals surface area contributed by atoms with Gasteiger partial charge in [0.2, 0.25) is 0 Å². The molecule has 1 atom stereocenters. The molecular weight excluding hydrogens is 260 g/mol. The van der Waals surface area contributed by atoms with Crippen molar-refractivity contribution in [2.45, 2.75) is 39.3 Å². The molecular formula is C15H25ClN2O. The summed E-state index contributed by atoms with van der Waals surface area (Å²) in [6, 6.07) is 5.73. The molecule has 0 aliphatic carbocycles. The van der Waals surface area contributed by atoms with Gasteiger partial charge in [-0.1, -0.05) is 25.4 Å². The van der Waals surface area contributed by atoms with Gasteiger partial charge in [0.05, 0.1) is 7.11 Å². The summed E-state index contributed by atoms with van der Waals surface area (Å²) in [7, 11) is 1.69. The second-order valence-corrected chi connectivity index (χ2v) is 5.46. The lowest BCUT2D eigenvalue weighted by atomic mass is 9.95. The molecule has 0 heterocycles. The van der Waals surface area contributed by atoms with Gasteiger partial charge < -0.3 is 10.5 Å². The van der Waals surface area contributed by atoms with Crippen LogP contribution in [0.2, 0.25) is 5.02 Å². The minimum atomic E-state index is 0.00206. The Hall–Kier alpha value is -0.770. The third-order valence-corrected chi connectivity index (χ3v) is 4.19.